The van der Waals surface area contributed by atoms with Crippen molar-refractivity contribution in [2.75, 3.05) is 0 Å². The van der Waals surface area contributed by atoms with Crippen LogP contribution in [0.3, 0.4) is 0 Å². The summed E-state index contributed by atoms with van der Waals surface area (Å²) < 4.78 is 77.3. The summed E-state index contributed by atoms with van der Waals surface area (Å²) in [6.45, 7) is 2.31. The molecule has 0 heterocycles. The number of carbonyl (C=O) groups is 1. The molecule has 1 aromatic carbocycles. The molecule has 0 aliphatic carbocycles. The van der Waals surface area contributed by atoms with Crippen molar-refractivity contribution < 1.29 is 41.0 Å². The third kappa shape index (κ3) is 8.62. The van der Waals surface area contributed by atoms with Gasteiger partial charge in [0, 0.05) is 0 Å². The van der Waals surface area contributed by atoms with Gasteiger partial charge in [0.05, 0.1) is 24.5 Å². The molecule has 0 saturated carbocycles. The lowest BCUT2D eigenvalue weighted by Crippen LogP contribution is -2.38. The smallest absolute Gasteiger partial charge is 0.406 e. The van der Waals surface area contributed by atoms with E-state index < -0.39 is 48.7 Å². The molecule has 0 aliphatic heterocycles. The van der Waals surface area contributed by atoms with Gasteiger partial charge in [0.15, 0.2) is 0 Å². The van der Waals surface area contributed by atoms with E-state index in [1.165, 1.54) is 19.1 Å². The Hall–Kier alpha value is -1.97. The summed E-state index contributed by atoms with van der Waals surface area (Å²) >= 11 is 0. The zero-order valence-electron chi connectivity index (χ0n) is 13.3. The lowest BCUT2D eigenvalue weighted by Gasteiger charge is -2.25. The number of alkyl halides is 6. The summed E-state index contributed by atoms with van der Waals surface area (Å²) in [7, 11) is 0. The highest BCUT2D eigenvalue weighted by Gasteiger charge is 2.39. The van der Waals surface area contributed by atoms with E-state index >= 15 is 0 Å². The predicted molar refractivity (Wildman–Crippen MR) is 75.6 cm³/mol. The highest BCUT2D eigenvalue weighted by atomic mass is 19.4. The number of ether oxygens (including phenoxy) is 1. The van der Waals surface area contributed by atoms with Crippen molar-refractivity contribution in [3.63, 3.8) is 0 Å². The Balaban J connectivity index is 2.71. The average molecular weight is 373 g/mol. The second-order valence-electron chi connectivity index (χ2n) is 5.88. The molecule has 1 aromatic rings. The lowest BCUT2D eigenvalue weighted by molar-refractivity contribution is -0.274. The van der Waals surface area contributed by atoms with Crippen LogP contribution in [0.5, 0.6) is 5.75 Å². The minimum absolute atomic E-state index is 0.255. The second kappa shape index (κ2) is 7.51. The van der Waals surface area contributed by atoms with Crippen LogP contribution in [0.2, 0.25) is 0 Å². The molecule has 0 radical (unpaired) electrons. The molecule has 0 aliphatic rings. The maximum Gasteiger partial charge on any atom is 0.573 e. The monoisotopic (exact) mass is 373 g/mol. The topological polar surface area (TPSA) is 58.6 Å². The SMILES string of the molecule is C[C@H](NC(=O)C[C@](C)(O)CC(F)(F)F)c1cccc(OC(F)(F)F)c1. The fraction of sp³-hybridized carbons (Fsp3) is 0.533. The van der Waals surface area contributed by atoms with Crippen LogP contribution in [0.15, 0.2) is 24.3 Å². The Morgan fingerprint density at radius 2 is 1.84 bits per heavy atom. The maximum absolute atomic E-state index is 12.3. The Morgan fingerprint density at radius 1 is 1.24 bits per heavy atom. The molecule has 0 bridgehead atoms. The molecule has 2 N–H and O–H groups in total. The largest absolute Gasteiger partial charge is 0.573 e. The molecule has 0 spiro atoms. The van der Waals surface area contributed by atoms with Gasteiger partial charge in [0.25, 0.3) is 0 Å². The van der Waals surface area contributed by atoms with Gasteiger partial charge in [0.2, 0.25) is 5.91 Å². The van der Waals surface area contributed by atoms with Crippen molar-refractivity contribution in [2.24, 2.45) is 0 Å². The van der Waals surface area contributed by atoms with Gasteiger partial charge >= 0.3 is 12.5 Å². The number of aliphatic hydroxyl groups is 1. The molecule has 0 saturated heterocycles. The maximum atomic E-state index is 12.3. The molecule has 0 aromatic heterocycles. The van der Waals surface area contributed by atoms with Crippen LogP contribution in [-0.2, 0) is 4.79 Å². The Labute approximate surface area is 139 Å². The minimum atomic E-state index is -4.87. The summed E-state index contributed by atoms with van der Waals surface area (Å²) in [6, 6.07) is 4.01. The van der Waals surface area contributed by atoms with E-state index in [2.05, 4.69) is 10.1 Å². The van der Waals surface area contributed by atoms with Crippen LogP contribution >= 0.6 is 0 Å². The van der Waals surface area contributed by atoms with Crippen LogP contribution in [0, 0.1) is 0 Å². The molecular formula is C15H17F6NO3. The van der Waals surface area contributed by atoms with Gasteiger partial charge in [-0.15, -0.1) is 13.2 Å². The van der Waals surface area contributed by atoms with Gasteiger partial charge in [-0.05, 0) is 31.5 Å². The molecule has 10 heteroatoms. The average Bonchev–Trinajstić information content (AvgIpc) is 2.32. The van der Waals surface area contributed by atoms with Crippen LogP contribution in [-0.4, -0.2) is 29.2 Å². The number of benzene rings is 1. The fourth-order valence-electron chi connectivity index (χ4n) is 2.20. The third-order valence-corrected chi connectivity index (χ3v) is 3.09. The van der Waals surface area contributed by atoms with Crippen LogP contribution < -0.4 is 10.1 Å². The summed E-state index contributed by atoms with van der Waals surface area (Å²) in [4.78, 5) is 11.8. The van der Waals surface area contributed by atoms with Crippen LogP contribution in [0.1, 0.15) is 38.3 Å². The van der Waals surface area contributed by atoms with Gasteiger partial charge in [0.1, 0.15) is 5.75 Å². The molecular weight excluding hydrogens is 356 g/mol. The molecule has 1 amide bonds. The summed E-state index contributed by atoms with van der Waals surface area (Å²) in [5.74, 6) is -1.36. The lowest BCUT2D eigenvalue weighted by atomic mass is 9.97. The van der Waals surface area contributed by atoms with Gasteiger partial charge in [-0.25, -0.2) is 0 Å². The molecule has 142 valence electrons. The third-order valence-electron chi connectivity index (χ3n) is 3.09. The van der Waals surface area contributed by atoms with Crippen molar-refractivity contribution in [1.82, 2.24) is 5.32 Å². The molecule has 0 unspecified atom stereocenters. The number of amides is 1. The van der Waals surface area contributed by atoms with E-state index in [1.807, 2.05) is 0 Å². The Bertz CT molecular complexity index is 598. The number of nitrogens with one attached hydrogen (secondary N) is 1. The standard InChI is InChI=1S/C15H17F6NO3/c1-9(10-4-3-5-11(6-10)25-15(19,20)21)22-12(23)7-13(2,24)8-14(16,17)18/h3-6,9,24H,7-8H2,1-2H3,(H,22,23)/t9-,13-/m0/s1. The first kappa shape index (κ1) is 21.1. The normalized spacial score (nSPS) is 16.0. The minimum Gasteiger partial charge on any atom is -0.406 e. The first-order chi connectivity index (χ1) is 11.2. The number of hydrogen-bond donors (Lipinski definition) is 2. The van der Waals surface area contributed by atoms with Crippen LogP contribution in [0.25, 0.3) is 0 Å². The number of rotatable bonds is 6. The molecule has 4 nitrogen and oxygen atoms in total. The van der Waals surface area contributed by atoms with Crippen molar-refractivity contribution in [3.8, 4) is 5.75 Å². The molecule has 1 rings (SSSR count). The van der Waals surface area contributed by atoms with Gasteiger partial charge in [-0.1, -0.05) is 12.1 Å². The highest BCUT2D eigenvalue weighted by Crippen LogP contribution is 2.30. The molecule has 25 heavy (non-hydrogen) atoms. The number of carbonyl (C=O) groups excluding carboxylic acids is 1. The van der Waals surface area contributed by atoms with Crippen LogP contribution in [0.4, 0.5) is 26.3 Å². The second-order valence-corrected chi connectivity index (χ2v) is 5.88. The summed E-state index contributed by atoms with van der Waals surface area (Å²) in [5, 5.41) is 12.0. The van der Waals surface area contributed by atoms with E-state index in [9.17, 15) is 36.2 Å². The van der Waals surface area contributed by atoms with Gasteiger partial charge < -0.3 is 15.2 Å². The summed E-state index contributed by atoms with van der Waals surface area (Å²) in [5.41, 5.74) is -2.03. The van der Waals surface area contributed by atoms with Gasteiger partial charge in [-0.3, -0.25) is 4.79 Å². The zero-order chi connectivity index (χ0) is 19.5. The fourth-order valence-corrected chi connectivity index (χ4v) is 2.20. The molecule has 0 fully saturated rings. The van der Waals surface area contributed by atoms with E-state index in [0.717, 1.165) is 19.1 Å². The predicted octanol–water partition coefficient (Wildman–Crippen LogP) is 3.86. The molecule has 2 atom stereocenters. The van der Waals surface area contributed by atoms with Crippen molar-refractivity contribution in [2.45, 2.75) is 50.9 Å². The quantitative estimate of drug-likeness (QED) is 0.745. The van der Waals surface area contributed by atoms with E-state index in [0.29, 0.717) is 0 Å². The Kier molecular flexibility index (Phi) is 6.33. The van der Waals surface area contributed by atoms with Crippen molar-refractivity contribution in [3.05, 3.63) is 29.8 Å². The van der Waals surface area contributed by atoms with E-state index in [4.69, 9.17) is 0 Å². The first-order valence-corrected chi connectivity index (χ1v) is 7.11. The van der Waals surface area contributed by atoms with E-state index in [-0.39, 0.29) is 5.56 Å². The Morgan fingerprint density at radius 3 is 2.36 bits per heavy atom. The highest BCUT2D eigenvalue weighted by molar-refractivity contribution is 5.77. The van der Waals surface area contributed by atoms with E-state index in [1.54, 1.807) is 0 Å². The summed E-state index contributed by atoms with van der Waals surface area (Å²) in [6.07, 6.45) is -11.9. The number of halogens is 6. The van der Waals surface area contributed by atoms with Crippen molar-refractivity contribution in [1.29, 1.82) is 0 Å². The zero-order valence-corrected chi connectivity index (χ0v) is 13.3. The number of hydrogen-bond acceptors (Lipinski definition) is 3. The van der Waals surface area contributed by atoms with Crippen molar-refractivity contribution >= 4 is 5.91 Å². The first-order valence-electron chi connectivity index (χ1n) is 7.11. The van der Waals surface area contributed by atoms with Gasteiger partial charge in [-0.2, -0.15) is 13.2 Å².